The Labute approximate surface area is 96.4 Å². The second kappa shape index (κ2) is 4.40. The molecule has 2 aromatic carbocycles. The Balaban J connectivity index is 2.28. The summed E-state index contributed by atoms with van der Waals surface area (Å²) in [6.45, 7) is 4.27. The summed E-state index contributed by atoms with van der Waals surface area (Å²) in [6.07, 6.45) is 0. The second-order valence-electron chi connectivity index (χ2n) is 4.22. The van der Waals surface area contributed by atoms with E-state index in [0.29, 0.717) is 11.7 Å². The number of benzene rings is 2. The Kier molecular flexibility index (Phi) is 2.95. The summed E-state index contributed by atoms with van der Waals surface area (Å²) < 4.78 is 0. The van der Waals surface area contributed by atoms with Crippen molar-refractivity contribution in [2.45, 2.75) is 19.8 Å². The van der Waals surface area contributed by atoms with Gasteiger partial charge >= 0.3 is 0 Å². The predicted molar refractivity (Wildman–Crippen MR) is 66.8 cm³/mol. The molecule has 0 spiro atoms. The van der Waals surface area contributed by atoms with E-state index in [1.54, 1.807) is 12.1 Å². The number of aryl methyl sites for hydroxylation is 1. The van der Waals surface area contributed by atoms with Crippen LogP contribution in [0.2, 0.25) is 0 Å². The van der Waals surface area contributed by atoms with Crippen molar-refractivity contribution in [3.05, 3.63) is 65.2 Å². The third-order valence-electron chi connectivity index (χ3n) is 2.97. The first-order valence-electron chi connectivity index (χ1n) is 5.52. The minimum atomic E-state index is 0.319. The molecule has 1 nitrogen and oxygen atoms in total. The van der Waals surface area contributed by atoms with E-state index in [1.807, 2.05) is 12.1 Å². The number of phenolic OH excluding ortho intramolecular Hbond substituents is 1. The number of hydrogen-bond donors (Lipinski definition) is 1. The lowest BCUT2D eigenvalue weighted by molar-refractivity contribution is 0.475. The molecule has 1 unspecified atom stereocenters. The Hall–Kier alpha value is -1.76. The van der Waals surface area contributed by atoms with Gasteiger partial charge in [-0.3, -0.25) is 0 Å². The third kappa shape index (κ3) is 2.25. The van der Waals surface area contributed by atoms with E-state index in [0.717, 1.165) is 0 Å². The minimum Gasteiger partial charge on any atom is -0.508 e. The van der Waals surface area contributed by atoms with Gasteiger partial charge in [-0.1, -0.05) is 48.9 Å². The van der Waals surface area contributed by atoms with E-state index in [4.69, 9.17) is 0 Å². The number of rotatable bonds is 2. The fourth-order valence-corrected chi connectivity index (χ4v) is 1.81. The summed E-state index contributed by atoms with van der Waals surface area (Å²) in [5.41, 5.74) is 3.81. The third-order valence-corrected chi connectivity index (χ3v) is 2.97. The van der Waals surface area contributed by atoms with E-state index in [-0.39, 0.29) is 0 Å². The van der Waals surface area contributed by atoms with Crippen molar-refractivity contribution in [1.82, 2.24) is 0 Å². The minimum absolute atomic E-state index is 0.319. The molecule has 1 heteroatoms. The average molecular weight is 212 g/mol. The van der Waals surface area contributed by atoms with Crippen molar-refractivity contribution in [1.29, 1.82) is 0 Å². The van der Waals surface area contributed by atoms with Crippen LogP contribution in [0.3, 0.4) is 0 Å². The summed E-state index contributed by atoms with van der Waals surface area (Å²) >= 11 is 0. The van der Waals surface area contributed by atoms with Gasteiger partial charge in [0.25, 0.3) is 0 Å². The molecule has 16 heavy (non-hydrogen) atoms. The van der Waals surface area contributed by atoms with E-state index in [9.17, 15) is 5.11 Å². The van der Waals surface area contributed by atoms with Crippen LogP contribution in [0.25, 0.3) is 0 Å². The van der Waals surface area contributed by atoms with Gasteiger partial charge in [-0.25, -0.2) is 0 Å². The van der Waals surface area contributed by atoms with Crippen LogP contribution in [-0.4, -0.2) is 5.11 Å². The Morgan fingerprint density at radius 1 is 0.812 bits per heavy atom. The molecule has 0 aromatic heterocycles. The van der Waals surface area contributed by atoms with Crippen molar-refractivity contribution in [3.63, 3.8) is 0 Å². The molecule has 2 aromatic rings. The standard InChI is InChI=1S/C15H16O/c1-11-3-5-13(6-4-11)12(2)14-7-9-15(16)10-8-14/h3-10,12,16H,1-2H3. The van der Waals surface area contributed by atoms with Crippen LogP contribution < -0.4 is 0 Å². The van der Waals surface area contributed by atoms with Gasteiger partial charge < -0.3 is 5.11 Å². The lowest BCUT2D eigenvalue weighted by Crippen LogP contribution is -1.95. The van der Waals surface area contributed by atoms with Crippen LogP contribution in [0.4, 0.5) is 0 Å². The maximum absolute atomic E-state index is 9.25. The van der Waals surface area contributed by atoms with Gasteiger partial charge in [-0.15, -0.1) is 0 Å². The van der Waals surface area contributed by atoms with Gasteiger partial charge in [-0.2, -0.15) is 0 Å². The van der Waals surface area contributed by atoms with Crippen molar-refractivity contribution in [3.8, 4) is 5.75 Å². The summed E-state index contributed by atoms with van der Waals surface area (Å²) in [6, 6.07) is 16.0. The Bertz CT molecular complexity index is 408. The highest BCUT2D eigenvalue weighted by Crippen LogP contribution is 2.25. The Morgan fingerprint density at radius 3 is 1.75 bits per heavy atom. The summed E-state index contributed by atoms with van der Waals surface area (Å²) in [7, 11) is 0. The monoisotopic (exact) mass is 212 g/mol. The number of phenols is 1. The van der Waals surface area contributed by atoms with Crippen LogP contribution in [-0.2, 0) is 0 Å². The molecule has 0 radical (unpaired) electrons. The van der Waals surface area contributed by atoms with Gasteiger partial charge in [0.1, 0.15) is 5.75 Å². The highest BCUT2D eigenvalue weighted by atomic mass is 16.3. The van der Waals surface area contributed by atoms with E-state index in [1.165, 1.54) is 16.7 Å². The van der Waals surface area contributed by atoms with Gasteiger partial charge in [0.05, 0.1) is 0 Å². The molecular weight excluding hydrogens is 196 g/mol. The molecule has 0 saturated heterocycles. The summed E-state index contributed by atoms with van der Waals surface area (Å²) in [4.78, 5) is 0. The highest BCUT2D eigenvalue weighted by molar-refractivity contribution is 5.35. The van der Waals surface area contributed by atoms with E-state index < -0.39 is 0 Å². The smallest absolute Gasteiger partial charge is 0.115 e. The normalized spacial score (nSPS) is 12.4. The zero-order valence-corrected chi connectivity index (χ0v) is 9.64. The van der Waals surface area contributed by atoms with Crippen molar-refractivity contribution in [2.75, 3.05) is 0 Å². The Morgan fingerprint density at radius 2 is 1.25 bits per heavy atom. The second-order valence-corrected chi connectivity index (χ2v) is 4.22. The topological polar surface area (TPSA) is 20.2 Å². The quantitative estimate of drug-likeness (QED) is 0.801. The van der Waals surface area contributed by atoms with Crippen molar-refractivity contribution in [2.24, 2.45) is 0 Å². The molecule has 0 bridgehead atoms. The van der Waals surface area contributed by atoms with Crippen LogP contribution >= 0.6 is 0 Å². The molecule has 0 amide bonds. The zero-order chi connectivity index (χ0) is 11.5. The average Bonchev–Trinajstić information content (AvgIpc) is 2.30. The molecule has 82 valence electrons. The predicted octanol–water partition coefficient (Wildman–Crippen LogP) is 3.85. The number of hydrogen-bond acceptors (Lipinski definition) is 1. The van der Waals surface area contributed by atoms with E-state index >= 15 is 0 Å². The fourth-order valence-electron chi connectivity index (χ4n) is 1.81. The summed E-state index contributed by atoms with van der Waals surface area (Å²) in [5, 5.41) is 9.25. The molecular formula is C15H16O. The van der Waals surface area contributed by atoms with Gasteiger partial charge in [0.15, 0.2) is 0 Å². The van der Waals surface area contributed by atoms with Crippen LogP contribution in [0, 0.1) is 6.92 Å². The first-order chi connectivity index (χ1) is 7.66. The number of aromatic hydroxyl groups is 1. The highest BCUT2D eigenvalue weighted by Gasteiger charge is 2.07. The van der Waals surface area contributed by atoms with Crippen LogP contribution in [0.1, 0.15) is 29.5 Å². The fraction of sp³-hybridized carbons (Fsp3) is 0.200. The van der Waals surface area contributed by atoms with E-state index in [2.05, 4.69) is 38.1 Å². The van der Waals surface area contributed by atoms with Crippen LogP contribution in [0.5, 0.6) is 5.75 Å². The molecule has 0 fully saturated rings. The zero-order valence-electron chi connectivity index (χ0n) is 9.64. The van der Waals surface area contributed by atoms with Crippen molar-refractivity contribution < 1.29 is 5.11 Å². The SMILES string of the molecule is Cc1ccc(C(C)c2ccc(O)cc2)cc1. The molecule has 0 aliphatic rings. The molecule has 0 saturated carbocycles. The lowest BCUT2D eigenvalue weighted by Gasteiger charge is -2.12. The largest absolute Gasteiger partial charge is 0.508 e. The first-order valence-corrected chi connectivity index (χ1v) is 5.52. The van der Waals surface area contributed by atoms with Gasteiger partial charge in [0, 0.05) is 5.92 Å². The molecule has 1 atom stereocenters. The maximum atomic E-state index is 9.25. The summed E-state index contributed by atoms with van der Waals surface area (Å²) in [5.74, 6) is 0.682. The molecule has 2 rings (SSSR count). The van der Waals surface area contributed by atoms with Crippen molar-refractivity contribution >= 4 is 0 Å². The van der Waals surface area contributed by atoms with Crippen LogP contribution in [0.15, 0.2) is 48.5 Å². The van der Waals surface area contributed by atoms with Gasteiger partial charge in [-0.05, 0) is 30.2 Å². The lowest BCUT2D eigenvalue weighted by atomic mass is 9.93. The molecule has 0 aliphatic carbocycles. The molecule has 1 N–H and O–H groups in total. The molecule has 0 aliphatic heterocycles. The maximum Gasteiger partial charge on any atom is 0.115 e. The molecule has 0 heterocycles. The first kappa shape index (κ1) is 10.7. The van der Waals surface area contributed by atoms with Gasteiger partial charge in [0.2, 0.25) is 0 Å².